The van der Waals surface area contributed by atoms with E-state index in [0.717, 1.165) is 0 Å². The van der Waals surface area contributed by atoms with Crippen molar-refractivity contribution in [3.63, 3.8) is 0 Å². The fourth-order valence-corrected chi connectivity index (χ4v) is 0. The van der Waals surface area contributed by atoms with E-state index in [0.29, 0.717) is 0 Å². The summed E-state index contributed by atoms with van der Waals surface area (Å²) in [4.78, 5) is 0. The molecule has 0 atom stereocenters. The van der Waals surface area contributed by atoms with Gasteiger partial charge in [0, 0.05) is 5.25 Å². The molecule has 1 N–H and O–H groups in total. The Morgan fingerprint density at radius 2 is 2.00 bits per heavy atom. The normalized spacial score (nSPS) is 3.25. The van der Waals surface area contributed by atoms with Crippen molar-refractivity contribution in [2.45, 2.75) is 0 Å². The largest absolute Gasteiger partial charge is 0.461 e. The molecular formula is C2H2OS. The minimum atomic E-state index is 1.54. The molecule has 0 aliphatic rings. The maximum atomic E-state index is 7.44. The summed E-state index contributed by atoms with van der Waals surface area (Å²) in [6.07, 6.45) is 1.54. The molecule has 0 aromatic carbocycles. The molecular weight excluding hydrogens is 72.1 g/mol. The van der Waals surface area contributed by atoms with E-state index in [1.165, 1.54) is 0 Å². The fourth-order valence-electron chi connectivity index (χ4n) is 0. The summed E-state index contributed by atoms with van der Waals surface area (Å²) in [5, 5.41) is 9.37. The lowest BCUT2D eigenvalue weighted by atomic mass is 11.3. The lowest BCUT2D eigenvalue weighted by Gasteiger charge is -1.42. The van der Waals surface area contributed by atoms with Crippen LogP contribution in [0.1, 0.15) is 0 Å². The molecule has 0 amide bonds. The Balaban J connectivity index is 2.83. The van der Waals surface area contributed by atoms with Crippen LogP contribution in [-0.2, 0) is 0 Å². The maximum absolute atomic E-state index is 7.44. The standard InChI is InChI=1S/C2H2OS/c3-1-2-4/h3-4H. The highest BCUT2D eigenvalue weighted by molar-refractivity contribution is 7.85. The van der Waals surface area contributed by atoms with Gasteiger partial charge in [-0.05, 0) is 0 Å². The van der Waals surface area contributed by atoms with Gasteiger partial charge in [-0.3, -0.25) is 0 Å². The van der Waals surface area contributed by atoms with Gasteiger partial charge in [-0.2, -0.15) is 0 Å². The summed E-state index contributed by atoms with van der Waals surface area (Å²) < 4.78 is 0. The Morgan fingerprint density at radius 3 is 2.00 bits per heavy atom. The molecule has 0 unspecified atom stereocenters. The van der Waals surface area contributed by atoms with Crippen LogP contribution < -0.4 is 0 Å². The van der Waals surface area contributed by atoms with E-state index in [4.69, 9.17) is 5.11 Å². The molecule has 4 heavy (non-hydrogen) atoms. The average molecular weight is 74.1 g/mol. The van der Waals surface area contributed by atoms with Crippen LogP contribution in [0.25, 0.3) is 0 Å². The van der Waals surface area contributed by atoms with E-state index in [1.807, 2.05) is 5.25 Å². The number of hydrogen-bond acceptors (Lipinski definition) is 2. The van der Waals surface area contributed by atoms with Gasteiger partial charge in [0.1, 0.15) is 6.11 Å². The Kier molecular flexibility index (Phi) is 2.51. The number of rotatable bonds is 0. The third-order valence-electron chi connectivity index (χ3n) is 0.0500. The zero-order chi connectivity index (χ0) is 3.41. The van der Waals surface area contributed by atoms with Gasteiger partial charge in [0.25, 0.3) is 0 Å². The first-order valence-electron chi connectivity index (χ1n) is 0.697. The molecule has 0 bridgehead atoms. The predicted molar refractivity (Wildman–Crippen MR) is 18.7 cm³/mol. The molecule has 0 fully saturated rings. The minimum Gasteiger partial charge on any atom is -0.461 e. The van der Waals surface area contributed by atoms with Crippen molar-refractivity contribution < 1.29 is 5.11 Å². The molecule has 0 aliphatic heterocycles. The zero-order valence-corrected chi connectivity index (χ0v) is 2.79. The van der Waals surface area contributed by atoms with E-state index >= 15 is 0 Å². The van der Waals surface area contributed by atoms with Crippen molar-refractivity contribution in [2.75, 3.05) is 0 Å². The molecule has 0 radical (unpaired) electrons. The van der Waals surface area contributed by atoms with Gasteiger partial charge in [-0.25, -0.2) is 0 Å². The molecule has 0 spiro atoms. The zero-order valence-electron chi connectivity index (χ0n) is 1.89. The van der Waals surface area contributed by atoms with Crippen molar-refractivity contribution in [2.24, 2.45) is 0 Å². The van der Waals surface area contributed by atoms with Gasteiger partial charge in [0.05, 0.1) is 0 Å². The first-order valence-corrected chi connectivity index (χ1v) is 1.14. The Labute approximate surface area is 30.1 Å². The van der Waals surface area contributed by atoms with Gasteiger partial charge in [0.2, 0.25) is 0 Å². The fraction of sp³-hybridized carbons (Fsp3) is 0. The van der Waals surface area contributed by atoms with Gasteiger partial charge in [-0.15, -0.1) is 0 Å². The minimum absolute atomic E-state index is 1.54. The van der Waals surface area contributed by atoms with Crippen LogP contribution in [0.15, 0.2) is 0 Å². The monoisotopic (exact) mass is 74.0 g/mol. The Morgan fingerprint density at radius 1 is 1.75 bits per heavy atom. The van der Waals surface area contributed by atoms with Gasteiger partial charge in [0.15, 0.2) is 0 Å². The Hall–Kier alpha value is -0.290. The molecule has 0 rings (SSSR count). The van der Waals surface area contributed by atoms with Crippen molar-refractivity contribution in [1.82, 2.24) is 0 Å². The van der Waals surface area contributed by atoms with Crippen LogP contribution in [0.5, 0.6) is 0 Å². The van der Waals surface area contributed by atoms with Gasteiger partial charge >= 0.3 is 0 Å². The smallest absolute Gasteiger partial charge is 0.119 e. The van der Waals surface area contributed by atoms with E-state index < -0.39 is 0 Å². The first kappa shape index (κ1) is 3.71. The lowest BCUT2D eigenvalue weighted by molar-refractivity contribution is 0.518. The topological polar surface area (TPSA) is 20.2 Å². The molecule has 22 valence electrons. The molecule has 0 heterocycles. The molecule has 0 aromatic rings. The molecule has 0 aromatic heterocycles. The second kappa shape index (κ2) is 2.71. The highest BCUT2D eigenvalue weighted by atomic mass is 32.1. The molecule has 2 heteroatoms. The number of aliphatic hydroxyl groups excluding tert-OH is 1. The van der Waals surface area contributed by atoms with Crippen LogP contribution in [0.4, 0.5) is 0 Å². The Bertz CT molecular complexity index is 42.8. The predicted octanol–water partition coefficient (Wildman–Crippen LogP) is 0.207. The molecule has 1 nitrogen and oxygen atoms in total. The van der Waals surface area contributed by atoms with Gasteiger partial charge in [-0.1, -0.05) is 12.6 Å². The van der Waals surface area contributed by atoms with Crippen molar-refractivity contribution in [3.05, 3.63) is 0 Å². The second-order valence-electron chi connectivity index (χ2n) is 0.224. The van der Waals surface area contributed by atoms with Crippen molar-refractivity contribution in [3.8, 4) is 11.4 Å². The van der Waals surface area contributed by atoms with Crippen molar-refractivity contribution in [1.29, 1.82) is 0 Å². The quantitative estimate of drug-likeness (QED) is 0.311. The summed E-state index contributed by atoms with van der Waals surface area (Å²) in [5.74, 6) is 0. The summed E-state index contributed by atoms with van der Waals surface area (Å²) in [7, 11) is 0. The lowest BCUT2D eigenvalue weighted by Crippen LogP contribution is -1.34. The van der Waals surface area contributed by atoms with Crippen LogP contribution >= 0.6 is 12.6 Å². The van der Waals surface area contributed by atoms with Crippen LogP contribution in [0.2, 0.25) is 0 Å². The highest BCUT2D eigenvalue weighted by Gasteiger charge is 1.29. The summed E-state index contributed by atoms with van der Waals surface area (Å²) in [6, 6.07) is 0. The highest BCUT2D eigenvalue weighted by Crippen LogP contribution is 1.51. The number of aliphatic hydroxyl groups is 1. The average Bonchev–Trinajstić information content (AvgIpc) is 1.37. The van der Waals surface area contributed by atoms with Crippen LogP contribution in [0, 0.1) is 11.4 Å². The van der Waals surface area contributed by atoms with E-state index in [9.17, 15) is 0 Å². The van der Waals surface area contributed by atoms with Gasteiger partial charge < -0.3 is 5.11 Å². The summed E-state index contributed by atoms with van der Waals surface area (Å²) >= 11 is 3.31. The summed E-state index contributed by atoms with van der Waals surface area (Å²) in [5.41, 5.74) is 0. The maximum Gasteiger partial charge on any atom is 0.119 e. The van der Waals surface area contributed by atoms with Crippen LogP contribution in [-0.4, -0.2) is 5.11 Å². The van der Waals surface area contributed by atoms with Crippen molar-refractivity contribution >= 4 is 12.6 Å². The first-order chi connectivity index (χ1) is 1.91. The molecule has 0 saturated heterocycles. The van der Waals surface area contributed by atoms with E-state index in [1.54, 1.807) is 6.11 Å². The SMILES string of the molecule is OC#CS. The summed E-state index contributed by atoms with van der Waals surface area (Å²) in [6.45, 7) is 0. The van der Waals surface area contributed by atoms with E-state index in [2.05, 4.69) is 12.6 Å². The third kappa shape index (κ3) is 1.71. The molecule has 0 saturated carbocycles. The third-order valence-corrected chi connectivity index (χ3v) is 0.150. The molecule has 0 aliphatic carbocycles. The van der Waals surface area contributed by atoms with Crippen LogP contribution in [0.3, 0.4) is 0 Å². The number of hydrogen-bond donors (Lipinski definition) is 2. The van der Waals surface area contributed by atoms with E-state index in [-0.39, 0.29) is 0 Å². The number of thiol groups is 1. The second-order valence-corrected chi connectivity index (χ2v) is 0.447.